The van der Waals surface area contributed by atoms with Crippen LogP contribution in [-0.2, 0) is 4.79 Å². The van der Waals surface area contributed by atoms with Crippen LogP contribution in [0.25, 0.3) is 16.9 Å². The number of aromatic nitrogens is 3. The first kappa shape index (κ1) is 20.0. The van der Waals surface area contributed by atoms with Crippen LogP contribution < -0.4 is 5.32 Å². The van der Waals surface area contributed by atoms with Crippen LogP contribution in [0.2, 0.25) is 10.0 Å². The summed E-state index contributed by atoms with van der Waals surface area (Å²) in [5.41, 5.74) is 2.68. The third kappa shape index (κ3) is 4.64. The fourth-order valence-electron chi connectivity index (χ4n) is 2.69. The topological polar surface area (TPSA) is 59.8 Å². The maximum Gasteiger partial charge on any atom is 0.236 e. The smallest absolute Gasteiger partial charge is 0.236 e. The second kappa shape index (κ2) is 9.00. The third-order valence-corrected chi connectivity index (χ3v) is 6.35. The first-order valence-electron chi connectivity index (χ1n) is 8.52. The fourth-order valence-corrected chi connectivity index (χ4v) is 4.33. The minimum Gasteiger partial charge on any atom is -0.301 e. The molecule has 1 N–H and O–H groups in total. The molecule has 0 saturated heterocycles. The van der Waals surface area contributed by atoms with E-state index in [1.54, 1.807) is 18.5 Å². The highest BCUT2D eigenvalue weighted by Gasteiger charge is 2.16. The van der Waals surface area contributed by atoms with Crippen LogP contribution in [-0.4, -0.2) is 26.2 Å². The molecule has 0 unspecified atom stereocenters. The molecule has 0 aliphatic rings. The molecule has 29 heavy (non-hydrogen) atoms. The molecular formula is C20H14Cl2N4OS2. The molecule has 0 atom stereocenters. The summed E-state index contributed by atoms with van der Waals surface area (Å²) < 4.78 is 2.00. The highest BCUT2D eigenvalue weighted by atomic mass is 35.5. The Labute approximate surface area is 185 Å². The van der Waals surface area contributed by atoms with Gasteiger partial charge in [0, 0.05) is 22.8 Å². The van der Waals surface area contributed by atoms with Crippen molar-refractivity contribution in [3.05, 3.63) is 76.3 Å². The second-order valence-corrected chi connectivity index (χ2v) is 8.55. The largest absolute Gasteiger partial charge is 0.301 e. The van der Waals surface area contributed by atoms with Gasteiger partial charge in [-0.05, 0) is 24.3 Å². The second-order valence-electron chi connectivity index (χ2n) is 5.90. The number of thioether (sulfide) groups is 1. The SMILES string of the molecule is O=C(CSc1ncc(-c2ccc(Cl)c(Cl)c2)n1-c1ccccc1)Nc1nccs1. The van der Waals surface area contributed by atoms with Gasteiger partial charge in [0.25, 0.3) is 0 Å². The standard InChI is InChI=1S/C20H14Cl2N4OS2/c21-15-7-6-13(10-16(15)22)17-11-24-20(26(17)14-4-2-1-3-5-14)29-12-18(27)25-19-23-8-9-28-19/h1-11H,12H2,(H,23,25,27). The van der Waals surface area contributed by atoms with Crippen LogP contribution >= 0.6 is 46.3 Å². The van der Waals surface area contributed by atoms with Gasteiger partial charge >= 0.3 is 0 Å². The number of imidazole rings is 1. The van der Waals surface area contributed by atoms with Crippen LogP contribution in [0.5, 0.6) is 0 Å². The summed E-state index contributed by atoms with van der Waals surface area (Å²) in [7, 11) is 0. The average Bonchev–Trinajstić information content (AvgIpc) is 3.39. The Morgan fingerprint density at radius 2 is 1.93 bits per heavy atom. The maximum absolute atomic E-state index is 12.3. The maximum atomic E-state index is 12.3. The molecule has 0 saturated carbocycles. The van der Waals surface area contributed by atoms with Gasteiger partial charge in [-0.25, -0.2) is 9.97 Å². The van der Waals surface area contributed by atoms with Gasteiger partial charge in [0.05, 0.1) is 27.7 Å². The molecule has 0 spiro atoms. The Bertz CT molecular complexity index is 1130. The lowest BCUT2D eigenvalue weighted by Gasteiger charge is -2.12. The molecule has 0 bridgehead atoms. The van der Waals surface area contributed by atoms with Gasteiger partial charge in [0.1, 0.15) is 0 Å². The lowest BCUT2D eigenvalue weighted by atomic mass is 10.1. The summed E-state index contributed by atoms with van der Waals surface area (Å²) in [6, 6.07) is 15.3. The Morgan fingerprint density at radius 3 is 2.66 bits per heavy atom. The van der Waals surface area contributed by atoms with E-state index in [0.29, 0.717) is 20.3 Å². The summed E-state index contributed by atoms with van der Waals surface area (Å²) >= 11 is 15.0. The Morgan fingerprint density at radius 1 is 1.10 bits per heavy atom. The van der Waals surface area contributed by atoms with E-state index in [-0.39, 0.29) is 11.7 Å². The van der Waals surface area contributed by atoms with Crippen LogP contribution in [0.4, 0.5) is 5.13 Å². The Balaban J connectivity index is 1.64. The van der Waals surface area contributed by atoms with Gasteiger partial charge in [-0.15, -0.1) is 11.3 Å². The molecular weight excluding hydrogens is 447 g/mol. The van der Waals surface area contributed by atoms with Crippen molar-refractivity contribution in [1.29, 1.82) is 0 Å². The number of nitrogens with one attached hydrogen (secondary N) is 1. The van der Waals surface area contributed by atoms with Gasteiger partial charge in [-0.2, -0.15) is 0 Å². The highest BCUT2D eigenvalue weighted by molar-refractivity contribution is 7.99. The number of nitrogens with zero attached hydrogens (tertiary/aromatic N) is 3. The summed E-state index contributed by atoms with van der Waals surface area (Å²) in [6.07, 6.45) is 3.42. The zero-order valence-corrected chi connectivity index (χ0v) is 18.0. The minimum absolute atomic E-state index is 0.136. The fraction of sp³-hybridized carbons (Fsp3) is 0.0500. The molecule has 4 aromatic rings. The van der Waals surface area contributed by atoms with Crippen LogP contribution in [0.1, 0.15) is 0 Å². The molecule has 0 aliphatic carbocycles. The molecule has 4 rings (SSSR count). The van der Waals surface area contributed by atoms with Gasteiger partial charge in [-0.3, -0.25) is 9.36 Å². The van der Waals surface area contributed by atoms with Crippen molar-refractivity contribution >= 4 is 57.3 Å². The number of carbonyl (C=O) groups is 1. The van der Waals surface area contributed by atoms with Crippen molar-refractivity contribution in [2.45, 2.75) is 5.16 Å². The molecule has 5 nitrogen and oxygen atoms in total. The number of halogens is 2. The average molecular weight is 461 g/mol. The minimum atomic E-state index is -0.136. The van der Waals surface area contributed by atoms with Crippen LogP contribution in [0.15, 0.2) is 71.5 Å². The normalized spacial score (nSPS) is 10.8. The lowest BCUT2D eigenvalue weighted by Crippen LogP contribution is -2.14. The van der Waals surface area contributed by atoms with E-state index < -0.39 is 0 Å². The molecule has 0 fully saturated rings. The summed E-state index contributed by atoms with van der Waals surface area (Å²) in [5, 5.41) is 6.85. The van der Waals surface area contributed by atoms with E-state index in [9.17, 15) is 4.79 Å². The summed E-state index contributed by atoms with van der Waals surface area (Å²) in [5.74, 6) is 0.0770. The molecule has 0 aliphatic heterocycles. The van der Waals surface area contributed by atoms with E-state index in [2.05, 4.69) is 15.3 Å². The lowest BCUT2D eigenvalue weighted by molar-refractivity contribution is -0.113. The molecule has 2 aromatic heterocycles. The van der Waals surface area contributed by atoms with Gasteiger partial charge in [-0.1, -0.05) is 59.2 Å². The number of thiazole rings is 1. The number of para-hydroxylation sites is 1. The van der Waals surface area contributed by atoms with Gasteiger partial charge in [0.15, 0.2) is 10.3 Å². The number of hydrogen-bond donors (Lipinski definition) is 1. The molecule has 9 heteroatoms. The number of amides is 1. The third-order valence-electron chi connectivity index (χ3n) is 3.97. The van der Waals surface area contributed by atoms with Crippen molar-refractivity contribution in [1.82, 2.24) is 14.5 Å². The Hall–Kier alpha value is -2.32. The van der Waals surface area contributed by atoms with Crippen molar-refractivity contribution in [3.63, 3.8) is 0 Å². The Kier molecular flexibility index (Phi) is 6.20. The van der Waals surface area contributed by atoms with Gasteiger partial charge < -0.3 is 5.32 Å². The molecule has 1 amide bonds. The molecule has 146 valence electrons. The van der Waals surface area contributed by atoms with E-state index in [4.69, 9.17) is 23.2 Å². The monoisotopic (exact) mass is 460 g/mol. The van der Waals surface area contributed by atoms with Crippen molar-refractivity contribution < 1.29 is 4.79 Å². The van der Waals surface area contributed by atoms with Crippen molar-refractivity contribution in [2.24, 2.45) is 0 Å². The first-order valence-corrected chi connectivity index (χ1v) is 11.1. The highest BCUT2D eigenvalue weighted by Crippen LogP contribution is 2.33. The molecule has 0 radical (unpaired) electrons. The number of hydrogen-bond acceptors (Lipinski definition) is 5. The van der Waals surface area contributed by atoms with E-state index in [1.165, 1.54) is 23.1 Å². The predicted molar refractivity (Wildman–Crippen MR) is 120 cm³/mol. The van der Waals surface area contributed by atoms with Crippen LogP contribution in [0.3, 0.4) is 0 Å². The van der Waals surface area contributed by atoms with Crippen molar-refractivity contribution in [3.8, 4) is 16.9 Å². The number of anilines is 1. The number of carbonyl (C=O) groups excluding carboxylic acids is 1. The zero-order valence-electron chi connectivity index (χ0n) is 14.9. The van der Waals surface area contributed by atoms with E-state index in [0.717, 1.165) is 16.9 Å². The summed E-state index contributed by atoms with van der Waals surface area (Å²) in [4.78, 5) is 20.9. The van der Waals surface area contributed by atoms with E-state index >= 15 is 0 Å². The summed E-state index contributed by atoms with van der Waals surface area (Å²) in [6.45, 7) is 0. The quantitative estimate of drug-likeness (QED) is 0.356. The van der Waals surface area contributed by atoms with Crippen molar-refractivity contribution in [2.75, 3.05) is 11.1 Å². The van der Waals surface area contributed by atoms with Gasteiger partial charge in [0.2, 0.25) is 5.91 Å². The van der Waals surface area contributed by atoms with E-state index in [1.807, 2.05) is 52.4 Å². The predicted octanol–water partition coefficient (Wildman–Crippen LogP) is 6.03. The zero-order chi connectivity index (χ0) is 20.2. The molecule has 2 heterocycles. The molecule has 2 aromatic carbocycles. The number of benzene rings is 2. The first-order chi connectivity index (χ1) is 14.1. The number of rotatable bonds is 6. The van der Waals surface area contributed by atoms with Crippen LogP contribution in [0, 0.1) is 0 Å².